The van der Waals surface area contributed by atoms with E-state index in [1.807, 2.05) is 30.3 Å². The minimum absolute atomic E-state index is 0.197. The minimum Gasteiger partial charge on any atom is -0.478 e. The Morgan fingerprint density at radius 3 is 2.45 bits per heavy atom. The van der Waals surface area contributed by atoms with Gasteiger partial charge in [0.2, 0.25) is 0 Å². The van der Waals surface area contributed by atoms with Crippen LogP contribution in [0.3, 0.4) is 0 Å². The quantitative estimate of drug-likeness (QED) is 0.763. The molecule has 0 bridgehead atoms. The van der Waals surface area contributed by atoms with Gasteiger partial charge in [-0.2, -0.15) is 5.10 Å². The summed E-state index contributed by atoms with van der Waals surface area (Å²) in [6, 6.07) is 16.2. The third kappa shape index (κ3) is 2.16. The number of carboxylic acid groups (broad SMARTS) is 1. The van der Waals surface area contributed by atoms with Crippen molar-refractivity contribution in [3.8, 4) is 22.8 Å². The molecule has 2 aromatic carbocycles. The number of nitrogens with zero attached hydrogens (tertiary/aromatic N) is 2. The molecule has 2 N–H and O–H groups in total. The van der Waals surface area contributed by atoms with Crippen molar-refractivity contribution in [2.75, 3.05) is 0 Å². The van der Waals surface area contributed by atoms with Crippen molar-refractivity contribution < 1.29 is 9.90 Å². The molecule has 20 heavy (non-hydrogen) atoms. The summed E-state index contributed by atoms with van der Waals surface area (Å²) in [6.45, 7) is 0. The van der Waals surface area contributed by atoms with Crippen LogP contribution in [-0.4, -0.2) is 26.3 Å². The molecule has 0 aliphatic heterocycles. The summed E-state index contributed by atoms with van der Waals surface area (Å²) < 4.78 is 0. The maximum absolute atomic E-state index is 11.2. The largest absolute Gasteiger partial charge is 0.478 e. The van der Waals surface area contributed by atoms with Crippen LogP contribution in [0.4, 0.5) is 0 Å². The van der Waals surface area contributed by atoms with Gasteiger partial charge in [0.25, 0.3) is 0 Å². The topological polar surface area (TPSA) is 78.9 Å². The summed E-state index contributed by atoms with van der Waals surface area (Å²) in [5, 5.41) is 16.1. The summed E-state index contributed by atoms with van der Waals surface area (Å²) in [5.74, 6) is 0.000839. The lowest BCUT2D eigenvalue weighted by Crippen LogP contribution is -1.99. The van der Waals surface area contributed by atoms with Crippen LogP contribution in [0.2, 0.25) is 0 Å². The molecule has 0 fully saturated rings. The molecule has 0 radical (unpaired) electrons. The summed E-state index contributed by atoms with van der Waals surface area (Å²) in [5.41, 5.74) is 1.60. The normalized spacial score (nSPS) is 10.4. The zero-order chi connectivity index (χ0) is 13.9. The third-order valence-corrected chi connectivity index (χ3v) is 2.93. The first-order valence-electron chi connectivity index (χ1n) is 6.06. The van der Waals surface area contributed by atoms with Crippen molar-refractivity contribution in [1.29, 1.82) is 0 Å². The number of benzene rings is 2. The highest BCUT2D eigenvalue weighted by Gasteiger charge is 2.14. The second kappa shape index (κ2) is 4.97. The molecule has 3 aromatic rings. The zero-order valence-corrected chi connectivity index (χ0v) is 10.4. The van der Waals surface area contributed by atoms with Gasteiger partial charge in [0.1, 0.15) is 0 Å². The van der Waals surface area contributed by atoms with Crippen LogP contribution < -0.4 is 0 Å². The van der Waals surface area contributed by atoms with E-state index in [1.165, 1.54) is 0 Å². The monoisotopic (exact) mass is 265 g/mol. The van der Waals surface area contributed by atoms with E-state index in [0.29, 0.717) is 17.2 Å². The maximum atomic E-state index is 11.2. The molecular formula is C15H11N3O2. The van der Waals surface area contributed by atoms with Gasteiger partial charge in [-0.25, -0.2) is 9.78 Å². The predicted molar refractivity (Wildman–Crippen MR) is 74.2 cm³/mol. The highest BCUT2D eigenvalue weighted by atomic mass is 16.4. The summed E-state index contributed by atoms with van der Waals surface area (Å²) in [6.07, 6.45) is 0. The Kier molecular flexibility index (Phi) is 3.01. The molecule has 98 valence electrons. The van der Waals surface area contributed by atoms with Crippen LogP contribution in [0.15, 0.2) is 54.6 Å². The Hall–Kier alpha value is -2.95. The number of rotatable bonds is 3. The van der Waals surface area contributed by atoms with Gasteiger partial charge in [0.15, 0.2) is 11.6 Å². The fraction of sp³-hybridized carbons (Fsp3) is 0. The van der Waals surface area contributed by atoms with Gasteiger partial charge in [-0.05, 0) is 6.07 Å². The smallest absolute Gasteiger partial charge is 0.336 e. The van der Waals surface area contributed by atoms with Crippen LogP contribution in [0, 0.1) is 0 Å². The van der Waals surface area contributed by atoms with Crippen LogP contribution in [0.1, 0.15) is 10.4 Å². The Labute approximate surface area is 114 Å². The van der Waals surface area contributed by atoms with Crippen molar-refractivity contribution in [2.24, 2.45) is 0 Å². The number of aromatic amines is 1. The Morgan fingerprint density at radius 1 is 1.00 bits per heavy atom. The molecule has 3 rings (SSSR count). The molecule has 0 saturated heterocycles. The molecule has 5 heteroatoms. The highest BCUT2D eigenvalue weighted by Crippen LogP contribution is 2.22. The van der Waals surface area contributed by atoms with E-state index in [4.69, 9.17) is 0 Å². The number of carboxylic acids is 1. The summed E-state index contributed by atoms with van der Waals surface area (Å²) in [4.78, 5) is 15.6. The summed E-state index contributed by atoms with van der Waals surface area (Å²) >= 11 is 0. The first kappa shape index (κ1) is 12.1. The van der Waals surface area contributed by atoms with Crippen molar-refractivity contribution in [3.05, 3.63) is 60.2 Å². The molecule has 0 atom stereocenters. The number of aromatic nitrogens is 3. The van der Waals surface area contributed by atoms with Crippen LogP contribution in [0.5, 0.6) is 0 Å². The number of hydrogen-bond donors (Lipinski definition) is 2. The molecule has 0 aliphatic rings. The van der Waals surface area contributed by atoms with Crippen molar-refractivity contribution in [2.45, 2.75) is 0 Å². The van der Waals surface area contributed by atoms with Crippen LogP contribution in [0.25, 0.3) is 22.8 Å². The van der Waals surface area contributed by atoms with E-state index in [-0.39, 0.29) is 5.56 Å². The van der Waals surface area contributed by atoms with Gasteiger partial charge in [-0.3, -0.25) is 5.10 Å². The van der Waals surface area contributed by atoms with Gasteiger partial charge < -0.3 is 5.11 Å². The molecule has 0 amide bonds. The van der Waals surface area contributed by atoms with Gasteiger partial charge in [0.05, 0.1) is 5.56 Å². The van der Waals surface area contributed by atoms with Gasteiger partial charge in [0, 0.05) is 11.1 Å². The molecule has 0 aliphatic carbocycles. The lowest BCUT2D eigenvalue weighted by atomic mass is 10.1. The molecule has 0 saturated carbocycles. The van der Waals surface area contributed by atoms with E-state index in [0.717, 1.165) is 5.56 Å². The molecule has 1 heterocycles. The van der Waals surface area contributed by atoms with Crippen LogP contribution in [-0.2, 0) is 0 Å². The SMILES string of the molecule is O=C(O)c1ccccc1-c1nc(-c2ccccc2)n[nH]1. The lowest BCUT2D eigenvalue weighted by molar-refractivity contribution is 0.0697. The summed E-state index contributed by atoms with van der Waals surface area (Å²) in [7, 11) is 0. The molecule has 0 unspecified atom stereocenters. The van der Waals surface area contributed by atoms with E-state index < -0.39 is 5.97 Å². The Bertz CT molecular complexity index is 751. The highest BCUT2D eigenvalue weighted by molar-refractivity contribution is 5.95. The Morgan fingerprint density at radius 2 is 1.70 bits per heavy atom. The zero-order valence-electron chi connectivity index (χ0n) is 10.4. The van der Waals surface area contributed by atoms with Gasteiger partial charge in [-0.15, -0.1) is 0 Å². The minimum atomic E-state index is -0.988. The second-order valence-corrected chi connectivity index (χ2v) is 4.22. The van der Waals surface area contributed by atoms with Crippen molar-refractivity contribution >= 4 is 5.97 Å². The predicted octanol–water partition coefficient (Wildman–Crippen LogP) is 2.84. The average Bonchev–Trinajstić information content (AvgIpc) is 2.98. The first-order valence-corrected chi connectivity index (χ1v) is 6.06. The second-order valence-electron chi connectivity index (χ2n) is 4.22. The fourth-order valence-electron chi connectivity index (χ4n) is 1.97. The van der Waals surface area contributed by atoms with E-state index in [9.17, 15) is 9.90 Å². The number of carbonyl (C=O) groups is 1. The van der Waals surface area contributed by atoms with Crippen LogP contribution >= 0.6 is 0 Å². The van der Waals surface area contributed by atoms with Crippen molar-refractivity contribution in [1.82, 2.24) is 15.2 Å². The number of aromatic carboxylic acids is 1. The maximum Gasteiger partial charge on any atom is 0.336 e. The van der Waals surface area contributed by atoms with Gasteiger partial charge >= 0.3 is 5.97 Å². The molecule has 1 aromatic heterocycles. The van der Waals surface area contributed by atoms with E-state index >= 15 is 0 Å². The van der Waals surface area contributed by atoms with E-state index in [1.54, 1.807) is 24.3 Å². The first-order chi connectivity index (χ1) is 9.75. The standard InChI is InChI=1S/C15H11N3O2/c19-15(20)12-9-5-4-8-11(12)14-16-13(17-18-14)10-6-2-1-3-7-10/h1-9H,(H,19,20)(H,16,17,18). The van der Waals surface area contributed by atoms with Crippen molar-refractivity contribution in [3.63, 3.8) is 0 Å². The number of H-pyrrole nitrogens is 1. The average molecular weight is 265 g/mol. The van der Waals surface area contributed by atoms with Gasteiger partial charge in [-0.1, -0.05) is 48.5 Å². The Balaban J connectivity index is 2.05. The number of nitrogens with one attached hydrogen (secondary N) is 1. The number of hydrogen-bond acceptors (Lipinski definition) is 3. The molecule has 0 spiro atoms. The van der Waals surface area contributed by atoms with E-state index in [2.05, 4.69) is 15.2 Å². The molecule has 5 nitrogen and oxygen atoms in total. The third-order valence-electron chi connectivity index (χ3n) is 2.93. The lowest BCUT2D eigenvalue weighted by Gasteiger charge is -2.01. The molecular weight excluding hydrogens is 254 g/mol. The fourth-order valence-corrected chi connectivity index (χ4v) is 1.97.